The summed E-state index contributed by atoms with van der Waals surface area (Å²) in [6.45, 7) is 4.89. The average molecular weight is 308 g/mol. The Kier molecular flexibility index (Phi) is 6.10. The van der Waals surface area contributed by atoms with Gasteiger partial charge in [-0.3, -0.25) is 4.79 Å². The number of aryl methyl sites for hydroxylation is 1. The molecule has 0 saturated heterocycles. The predicted octanol–water partition coefficient (Wildman–Crippen LogP) is 4.27. The van der Waals surface area contributed by atoms with Gasteiger partial charge < -0.3 is 5.32 Å². The molecule has 1 aliphatic carbocycles. The Morgan fingerprint density at radius 3 is 2.76 bits per heavy atom. The molecule has 0 aromatic heterocycles. The Hall–Kier alpha value is -1.02. The van der Waals surface area contributed by atoms with Crippen molar-refractivity contribution < 1.29 is 4.79 Å². The van der Waals surface area contributed by atoms with Crippen LogP contribution in [0.1, 0.15) is 56.6 Å². The van der Waals surface area contributed by atoms with E-state index in [-0.39, 0.29) is 17.2 Å². The minimum Gasteiger partial charge on any atom is -0.354 e. The quantitative estimate of drug-likeness (QED) is 0.781. The van der Waals surface area contributed by atoms with Crippen LogP contribution in [0.25, 0.3) is 0 Å². The molecule has 1 aromatic carbocycles. The number of fused-ring (bicyclic) bond motifs is 1. The molecule has 2 atom stereocenters. The van der Waals surface area contributed by atoms with Crippen molar-refractivity contribution in [3.8, 4) is 0 Å². The van der Waals surface area contributed by atoms with Gasteiger partial charge in [0, 0.05) is 6.54 Å². The number of rotatable bonds is 6. The van der Waals surface area contributed by atoms with E-state index >= 15 is 0 Å². The van der Waals surface area contributed by atoms with Gasteiger partial charge in [-0.1, -0.05) is 51.0 Å². The summed E-state index contributed by atoms with van der Waals surface area (Å²) in [5, 5.41) is 3.10. The highest BCUT2D eigenvalue weighted by Gasteiger charge is 2.26. The molecule has 2 rings (SSSR count). The third-order valence-corrected chi connectivity index (χ3v) is 5.23. The summed E-state index contributed by atoms with van der Waals surface area (Å²) in [4.78, 5) is 12.5. The lowest BCUT2D eigenvalue weighted by molar-refractivity contribution is -0.122. The van der Waals surface area contributed by atoms with E-state index < -0.39 is 0 Å². The predicted molar refractivity (Wildman–Crippen MR) is 88.8 cm³/mol. The van der Waals surface area contributed by atoms with Crippen molar-refractivity contribution in [2.75, 3.05) is 6.54 Å². The van der Waals surface area contributed by atoms with Crippen LogP contribution >= 0.6 is 11.6 Å². The largest absolute Gasteiger partial charge is 0.354 e. The highest BCUT2D eigenvalue weighted by atomic mass is 35.5. The zero-order valence-electron chi connectivity index (χ0n) is 13.1. The van der Waals surface area contributed by atoms with Crippen LogP contribution < -0.4 is 5.32 Å². The standard InChI is InChI=1S/C18H26ClNO/c1-3-13(4-2)17(19)12-20-18(21)16-11-7-9-14-8-5-6-10-15(14)16/h5-6,8,10,13,16-17H,3-4,7,9,11-12H2,1-2H3,(H,20,21). The normalized spacial score (nSPS) is 19.1. The highest BCUT2D eigenvalue weighted by Crippen LogP contribution is 2.31. The molecule has 0 bridgehead atoms. The summed E-state index contributed by atoms with van der Waals surface area (Å²) in [7, 11) is 0. The molecule has 21 heavy (non-hydrogen) atoms. The number of benzene rings is 1. The van der Waals surface area contributed by atoms with Crippen molar-refractivity contribution in [3.05, 3.63) is 35.4 Å². The van der Waals surface area contributed by atoms with Crippen LogP contribution in [0.4, 0.5) is 0 Å². The molecule has 116 valence electrons. The lowest BCUT2D eigenvalue weighted by atomic mass is 9.82. The molecule has 1 aliphatic rings. The molecule has 0 radical (unpaired) electrons. The maximum absolute atomic E-state index is 12.5. The van der Waals surface area contributed by atoms with Crippen molar-refractivity contribution in [1.29, 1.82) is 0 Å². The third kappa shape index (κ3) is 4.00. The van der Waals surface area contributed by atoms with Gasteiger partial charge in [0.1, 0.15) is 0 Å². The summed E-state index contributed by atoms with van der Waals surface area (Å²) in [6.07, 6.45) is 5.25. The Morgan fingerprint density at radius 1 is 1.33 bits per heavy atom. The highest BCUT2D eigenvalue weighted by molar-refractivity contribution is 6.21. The van der Waals surface area contributed by atoms with Gasteiger partial charge in [-0.15, -0.1) is 11.6 Å². The fourth-order valence-corrected chi connectivity index (χ4v) is 3.75. The van der Waals surface area contributed by atoms with Crippen LogP contribution in [0.15, 0.2) is 24.3 Å². The molecule has 0 aliphatic heterocycles. The number of carbonyl (C=O) groups excluding carboxylic acids is 1. The minimum atomic E-state index is 0.000481. The Labute approximate surface area is 133 Å². The lowest BCUT2D eigenvalue weighted by Crippen LogP contribution is -2.37. The van der Waals surface area contributed by atoms with E-state index in [0.717, 1.165) is 32.1 Å². The van der Waals surface area contributed by atoms with Crippen LogP contribution in [-0.4, -0.2) is 17.8 Å². The SMILES string of the molecule is CCC(CC)C(Cl)CNC(=O)C1CCCc2ccccc21. The number of nitrogens with one attached hydrogen (secondary N) is 1. The monoisotopic (exact) mass is 307 g/mol. The second kappa shape index (κ2) is 7.84. The molecule has 1 amide bonds. The molecule has 0 spiro atoms. The maximum atomic E-state index is 12.5. The summed E-state index contributed by atoms with van der Waals surface area (Å²) < 4.78 is 0. The summed E-state index contributed by atoms with van der Waals surface area (Å²) in [6, 6.07) is 8.32. The first kappa shape index (κ1) is 16.4. The van der Waals surface area contributed by atoms with Crippen LogP contribution in [0.5, 0.6) is 0 Å². The molecule has 3 heteroatoms. The first-order valence-electron chi connectivity index (χ1n) is 8.16. The van der Waals surface area contributed by atoms with Gasteiger partial charge in [0.05, 0.1) is 11.3 Å². The Bertz CT molecular complexity index is 470. The lowest BCUT2D eigenvalue weighted by Gasteiger charge is -2.26. The first-order valence-corrected chi connectivity index (χ1v) is 8.60. The van der Waals surface area contributed by atoms with Crippen molar-refractivity contribution in [1.82, 2.24) is 5.32 Å². The topological polar surface area (TPSA) is 29.1 Å². The van der Waals surface area contributed by atoms with Gasteiger partial charge in [-0.05, 0) is 36.3 Å². The zero-order chi connectivity index (χ0) is 15.2. The van der Waals surface area contributed by atoms with Gasteiger partial charge in [0.2, 0.25) is 5.91 Å². The number of carbonyl (C=O) groups is 1. The maximum Gasteiger partial charge on any atom is 0.227 e. The summed E-state index contributed by atoms with van der Waals surface area (Å²) in [5.74, 6) is 0.616. The van der Waals surface area contributed by atoms with Crippen LogP contribution in [0.2, 0.25) is 0 Å². The van der Waals surface area contributed by atoms with Crippen LogP contribution in [0, 0.1) is 5.92 Å². The average Bonchev–Trinajstić information content (AvgIpc) is 2.53. The van der Waals surface area contributed by atoms with E-state index in [4.69, 9.17) is 11.6 Å². The Balaban J connectivity index is 1.96. The van der Waals surface area contributed by atoms with Crippen LogP contribution in [-0.2, 0) is 11.2 Å². The molecule has 0 saturated carbocycles. The zero-order valence-corrected chi connectivity index (χ0v) is 13.8. The molecule has 2 unspecified atom stereocenters. The molecule has 0 heterocycles. The van der Waals surface area contributed by atoms with Gasteiger partial charge in [0.15, 0.2) is 0 Å². The molecule has 2 nitrogen and oxygen atoms in total. The fourth-order valence-electron chi connectivity index (χ4n) is 3.31. The molecular weight excluding hydrogens is 282 g/mol. The summed E-state index contributed by atoms with van der Waals surface area (Å²) in [5.41, 5.74) is 2.53. The van der Waals surface area contributed by atoms with Gasteiger partial charge in [-0.2, -0.15) is 0 Å². The Morgan fingerprint density at radius 2 is 2.05 bits per heavy atom. The van der Waals surface area contributed by atoms with Gasteiger partial charge in [0.25, 0.3) is 0 Å². The van der Waals surface area contributed by atoms with E-state index in [9.17, 15) is 4.79 Å². The van der Waals surface area contributed by atoms with Crippen molar-refractivity contribution >= 4 is 17.5 Å². The fraction of sp³-hybridized carbons (Fsp3) is 0.611. The van der Waals surface area contributed by atoms with Crippen molar-refractivity contribution in [3.63, 3.8) is 0 Å². The van der Waals surface area contributed by atoms with Crippen molar-refractivity contribution in [2.45, 2.75) is 57.2 Å². The molecule has 0 fully saturated rings. The minimum absolute atomic E-state index is 0.000481. The molecule has 1 aromatic rings. The van der Waals surface area contributed by atoms with E-state index in [1.807, 2.05) is 6.07 Å². The molecular formula is C18H26ClNO. The number of hydrogen-bond acceptors (Lipinski definition) is 1. The summed E-state index contributed by atoms with van der Waals surface area (Å²) >= 11 is 6.42. The second-order valence-electron chi connectivity index (χ2n) is 5.98. The van der Waals surface area contributed by atoms with E-state index in [1.165, 1.54) is 11.1 Å². The van der Waals surface area contributed by atoms with Crippen molar-refractivity contribution in [2.24, 2.45) is 5.92 Å². The van der Waals surface area contributed by atoms with E-state index in [1.54, 1.807) is 0 Å². The smallest absolute Gasteiger partial charge is 0.227 e. The number of hydrogen-bond donors (Lipinski definition) is 1. The van der Waals surface area contributed by atoms with E-state index in [2.05, 4.69) is 37.4 Å². The first-order chi connectivity index (χ1) is 10.2. The second-order valence-corrected chi connectivity index (χ2v) is 6.54. The van der Waals surface area contributed by atoms with Gasteiger partial charge >= 0.3 is 0 Å². The number of amides is 1. The number of halogens is 1. The van der Waals surface area contributed by atoms with Gasteiger partial charge in [-0.25, -0.2) is 0 Å². The third-order valence-electron chi connectivity index (χ3n) is 4.72. The van der Waals surface area contributed by atoms with Crippen LogP contribution in [0.3, 0.4) is 0 Å². The van der Waals surface area contributed by atoms with E-state index in [0.29, 0.717) is 12.5 Å². The number of alkyl halides is 1. The molecule has 1 N–H and O–H groups in total.